The van der Waals surface area contributed by atoms with Crippen molar-refractivity contribution in [3.05, 3.63) is 0 Å². The predicted molar refractivity (Wildman–Crippen MR) is 97.1 cm³/mol. The van der Waals surface area contributed by atoms with Crippen LogP contribution in [0.3, 0.4) is 0 Å². The fourth-order valence-corrected chi connectivity index (χ4v) is 2.93. The maximum absolute atomic E-state index is 4.38. The van der Waals surface area contributed by atoms with Gasteiger partial charge in [-0.1, -0.05) is 110 Å². The SMILES string of the molecule is CCCCCCCCCCCCCCCCCC[N]CC. The average Bonchev–Trinajstić information content (AvgIpc) is 2.50. The van der Waals surface area contributed by atoms with E-state index in [9.17, 15) is 0 Å². The van der Waals surface area contributed by atoms with Crippen molar-refractivity contribution in [2.75, 3.05) is 13.1 Å². The molecule has 0 unspecified atom stereocenters. The topological polar surface area (TPSA) is 14.1 Å². The van der Waals surface area contributed by atoms with Gasteiger partial charge in [0, 0.05) is 13.1 Å². The zero-order valence-corrected chi connectivity index (χ0v) is 15.2. The van der Waals surface area contributed by atoms with Gasteiger partial charge >= 0.3 is 0 Å². The average molecular weight is 297 g/mol. The Morgan fingerprint density at radius 1 is 0.429 bits per heavy atom. The second kappa shape index (κ2) is 20.0. The lowest BCUT2D eigenvalue weighted by molar-refractivity contribution is 0.525. The molecule has 0 amide bonds. The largest absolute Gasteiger partial charge is 0.242 e. The van der Waals surface area contributed by atoms with Crippen molar-refractivity contribution in [2.45, 2.75) is 117 Å². The normalized spacial score (nSPS) is 11.1. The molecule has 0 aliphatic rings. The van der Waals surface area contributed by atoms with E-state index in [-0.39, 0.29) is 0 Å². The minimum atomic E-state index is 0.999. The molecule has 1 heteroatoms. The third kappa shape index (κ3) is 20.0. The summed E-state index contributed by atoms with van der Waals surface area (Å²) in [5.74, 6) is 0. The second-order valence-electron chi connectivity index (χ2n) is 6.57. The van der Waals surface area contributed by atoms with E-state index in [0.717, 1.165) is 13.1 Å². The molecular weight excluding hydrogens is 254 g/mol. The quantitative estimate of drug-likeness (QED) is 0.245. The summed E-state index contributed by atoms with van der Waals surface area (Å²) >= 11 is 0. The molecular formula is C20H42N. The van der Waals surface area contributed by atoms with Crippen molar-refractivity contribution < 1.29 is 0 Å². The molecule has 0 aromatic rings. The van der Waals surface area contributed by atoms with E-state index in [0.29, 0.717) is 0 Å². The standard InChI is InChI=1S/C20H42N/c1-3-5-6-7-8-9-10-11-12-13-14-15-16-17-18-19-20-21-4-2/h3-20H2,1-2H3. The first-order valence-corrected chi connectivity index (χ1v) is 10.0. The summed E-state index contributed by atoms with van der Waals surface area (Å²) in [5, 5.41) is 4.38. The van der Waals surface area contributed by atoms with E-state index in [2.05, 4.69) is 19.2 Å². The van der Waals surface area contributed by atoms with Gasteiger partial charge in [-0.3, -0.25) is 0 Å². The van der Waals surface area contributed by atoms with Crippen LogP contribution in [-0.2, 0) is 0 Å². The number of rotatable bonds is 18. The van der Waals surface area contributed by atoms with Gasteiger partial charge in [0.15, 0.2) is 0 Å². The van der Waals surface area contributed by atoms with Crippen LogP contribution in [0.15, 0.2) is 0 Å². The first-order valence-electron chi connectivity index (χ1n) is 10.0. The monoisotopic (exact) mass is 296 g/mol. The minimum absolute atomic E-state index is 0.999. The Balaban J connectivity index is 2.90. The molecule has 0 saturated heterocycles. The third-order valence-corrected chi connectivity index (χ3v) is 4.39. The molecule has 0 rings (SSSR count). The molecule has 0 bridgehead atoms. The molecule has 0 fully saturated rings. The van der Waals surface area contributed by atoms with Crippen LogP contribution in [0, 0.1) is 0 Å². The maximum atomic E-state index is 4.38. The molecule has 0 spiro atoms. The number of nitrogens with zero attached hydrogens (tertiary/aromatic N) is 1. The van der Waals surface area contributed by atoms with Crippen molar-refractivity contribution in [2.24, 2.45) is 0 Å². The van der Waals surface area contributed by atoms with Crippen LogP contribution in [0.4, 0.5) is 0 Å². The van der Waals surface area contributed by atoms with E-state index in [1.807, 2.05) is 0 Å². The molecule has 0 aliphatic carbocycles. The van der Waals surface area contributed by atoms with E-state index >= 15 is 0 Å². The highest BCUT2D eigenvalue weighted by Gasteiger charge is 1.94. The maximum Gasteiger partial charge on any atom is 0.0133 e. The van der Waals surface area contributed by atoms with Gasteiger partial charge in [0.2, 0.25) is 0 Å². The van der Waals surface area contributed by atoms with E-state index in [1.165, 1.54) is 103 Å². The summed E-state index contributed by atoms with van der Waals surface area (Å²) in [6.45, 7) is 6.52. The van der Waals surface area contributed by atoms with Gasteiger partial charge in [-0.15, -0.1) is 0 Å². The molecule has 1 nitrogen and oxygen atoms in total. The Labute approximate surface area is 135 Å². The zero-order valence-electron chi connectivity index (χ0n) is 15.2. The highest BCUT2D eigenvalue weighted by molar-refractivity contribution is 4.50. The van der Waals surface area contributed by atoms with Crippen LogP contribution in [-0.4, -0.2) is 13.1 Å². The van der Waals surface area contributed by atoms with E-state index in [1.54, 1.807) is 0 Å². The van der Waals surface area contributed by atoms with Crippen molar-refractivity contribution >= 4 is 0 Å². The minimum Gasteiger partial charge on any atom is -0.242 e. The Morgan fingerprint density at radius 2 is 0.762 bits per heavy atom. The molecule has 0 atom stereocenters. The van der Waals surface area contributed by atoms with Crippen molar-refractivity contribution in [1.82, 2.24) is 5.32 Å². The number of hydrogen-bond donors (Lipinski definition) is 0. The van der Waals surface area contributed by atoms with Gasteiger partial charge < -0.3 is 0 Å². The zero-order chi connectivity index (χ0) is 15.4. The predicted octanol–water partition coefficient (Wildman–Crippen LogP) is 6.87. The fraction of sp³-hybridized carbons (Fsp3) is 1.00. The smallest absolute Gasteiger partial charge is 0.0133 e. The van der Waals surface area contributed by atoms with Crippen LogP contribution in [0.5, 0.6) is 0 Å². The Morgan fingerprint density at radius 3 is 1.10 bits per heavy atom. The lowest BCUT2D eigenvalue weighted by Crippen LogP contribution is -2.04. The van der Waals surface area contributed by atoms with Gasteiger partial charge in [-0.05, 0) is 6.42 Å². The molecule has 0 N–H and O–H groups in total. The van der Waals surface area contributed by atoms with Crippen molar-refractivity contribution in [3.63, 3.8) is 0 Å². The van der Waals surface area contributed by atoms with Gasteiger partial charge in [0.25, 0.3) is 0 Å². The molecule has 127 valence electrons. The molecule has 0 aromatic heterocycles. The second-order valence-corrected chi connectivity index (χ2v) is 6.57. The molecule has 0 saturated carbocycles. The van der Waals surface area contributed by atoms with E-state index in [4.69, 9.17) is 0 Å². The highest BCUT2D eigenvalue weighted by atomic mass is 14.8. The Kier molecular flexibility index (Phi) is 19.9. The molecule has 0 aromatic carbocycles. The number of unbranched alkanes of at least 4 members (excludes halogenated alkanes) is 15. The number of hydrogen-bond acceptors (Lipinski definition) is 0. The lowest BCUT2D eigenvalue weighted by Gasteiger charge is -2.03. The Hall–Kier alpha value is -0.0400. The van der Waals surface area contributed by atoms with Gasteiger partial charge in [-0.25, -0.2) is 5.32 Å². The van der Waals surface area contributed by atoms with Crippen molar-refractivity contribution in [1.29, 1.82) is 0 Å². The van der Waals surface area contributed by atoms with Gasteiger partial charge in [-0.2, -0.15) is 0 Å². The summed E-state index contributed by atoms with van der Waals surface area (Å²) in [6, 6.07) is 0. The summed E-state index contributed by atoms with van der Waals surface area (Å²) in [4.78, 5) is 0. The molecule has 0 heterocycles. The summed E-state index contributed by atoms with van der Waals surface area (Å²) in [5.41, 5.74) is 0. The summed E-state index contributed by atoms with van der Waals surface area (Å²) in [6.07, 6.45) is 23.1. The van der Waals surface area contributed by atoms with Crippen LogP contribution < -0.4 is 5.32 Å². The third-order valence-electron chi connectivity index (χ3n) is 4.39. The van der Waals surface area contributed by atoms with Crippen LogP contribution in [0.25, 0.3) is 0 Å². The molecule has 1 radical (unpaired) electrons. The fourth-order valence-electron chi connectivity index (χ4n) is 2.93. The van der Waals surface area contributed by atoms with Crippen molar-refractivity contribution in [3.8, 4) is 0 Å². The van der Waals surface area contributed by atoms with Gasteiger partial charge in [0.05, 0.1) is 0 Å². The van der Waals surface area contributed by atoms with Crippen LogP contribution >= 0.6 is 0 Å². The summed E-state index contributed by atoms with van der Waals surface area (Å²) in [7, 11) is 0. The summed E-state index contributed by atoms with van der Waals surface area (Å²) < 4.78 is 0. The van der Waals surface area contributed by atoms with Crippen LogP contribution in [0.1, 0.15) is 117 Å². The highest BCUT2D eigenvalue weighted by Crippen LogP contribution is 2.13. The molecule has 21 heavy (non-hydrogen) atoms. The van der Waals surface area contributed by atoms with E-state index < -0.39 is 0 Å². The van der Waals surface area contributed by atoms with Crippen LogP contribution in [0.2, 0.25) is 0 Å². The lowest BCUT2D eigenvalue weighted by atomic mass is 10.0. The Bertz CT molecular complexity index is 149. The molecule has 0 aliphatic heterocycles. The van der Waals surface area contributed by atoms with Gasteiger partial charge in [0.1, 0.15) is 0 Å². The first-order chi connectivity index (χ1) is 10.4. The first kappa shape index (κ1) is 21.0.